The molecule has 0 atom stereocenters. The third kappa shape index (κ3) is 3.08. The maximum absolute atomic E-state index is 12.3. The summed E-state index contributed by atoms with van der Waals surface area (Å²) in [5.74, 6) is 0. The standard InChI is InChI=1S/C10H15O3PS/c1-3-12-14(11,13-4-2)9-7-5-6-8-10(9)15/h5-8,15H,3-4H2,1-2H3. The smallest absolute Gasteiger partial charge is 0.305 e. The van der Waals surface area contributed by atoms with Crippen LogP contribution in [0.5, 0.6) is 0 Å². The molecule has 0 saturated carbocycles. The van der Waals surface area contributed by atoms with Crippen LogP contribution in [0.4, 0.5) is 0 Å². The second kappa shape index (κ2) is 5.71. The summed E-state index contributed by atoms with van der Waals surface area (Å²) in [5, 5.41) is 0.525. The van der Waals surface area contributed by atoms with E-state index in [-0.39, 0.29) is 0 Å². The summed E-state index contributed by atoms with van der Waals surface area (Å²) < 4.78 is 22.8. The molecule has 0 saturated heterocycles. The molecule has 0 aromatic heterocycles. The first kappa shape index (κ1) is 12.8. The van der Waals surface area contributed by atoms with Crippen LogP contribution in [0.25, 0.3) is 0 Å². The lowest BCUT2D eigenvalue weighted by atomic mass is 10.4. The molecule has 0 heterocycles. The zero-order valence-electron chi connectivity index (χ0n) is 8.84. The van der Waals surface area contributed by atoms with Crippen molar-refractivity contribution in [1.29, 1.82) is 0 Å². The van der Waals surface area contributed by atoms with E-state index in [0.717, 1.165) is 0 Å². The van der Waals surface area contributed by atoms with E-state index in [2.05, 4.69) is 12.6 Å². The topological polar surface area (TPSA) is 35.5 Å². The molecule has 5 heteroatoms. The lowest BCUT2D eigenvalue weighted by Gasteiger charge is -2.18. The van der Waals surface area contributed by atoms with Crippen LogP contribution in [0.15, 0.2) is 29.2 Å². The van der Waals surface area contributed by atoms with Gasteiger partial charge in [0.2, 0.25) is 0 Å². The van der Waals surface area contributed by atoms with Crippen LogP contribution in [-0.4, -0.2) is 13.2 Å². The molecular weight excluding hydrogens is 231 g/mol. The largest absolute Gasteiger partial charge is 0.362 e. The highest BCUT2D eigenvalue weighted by Gasteiger charge is 2.28. The Morgan fingerprint density at radius 3 is 2.20 bits per heavy atom. The molecule has 1 aromatic rings. The van der Waals surface area contributed by atoms with Gasteiger partial charge in [0.1, 0.15) is 0 Å². The number of hydrogen-bond acceptors (Lipinski definition) is 4. The van der Waals surface area contributed by atoms with Crippen LogP contribution in [0, 0.1) is 0 Å². The molecule has 0 radical (unpaired) electrons. The van der Waals surface area contributed by atoms with Crippen molar-refractivity contribution in [1.82, 2.24) is 0 Å². The highest BCUT2D eigenvalue weighted by atomic mass is 32.1. The van der Waals surface area contributed by atoms with Crippen molar-refractivity contribution in [3.8, 4) is 0 Å². The maximum Gasteiger partial charge on any atom is 0.362 e. The zero-order valence-corrected chi connectivity index (χ0v) is 10.6. The summed E-state index contributed by atoms with van der Waals surface area (Å²) in [6.07, 6.45) is 0. The monoisotopic (exact) mass is 246 g/mol. The Morgan fingerprint density at radius 2 is 1.73 bits per heavy atom. The van der Waals surface area contributed by atoms with Crippen molar-refractivity contribution in [3.05, 3.63) is 24.3 Å². The number of rotatable bonds is 5. The fourth-order valence-electron chi connectivity index (χ4n) is 1.21. The molecule has 0 aliphatic heterocycles. The van der Waals surface area contributed by atoms with Crippen LogP contribution in [0.1, 0.15) is 13.8 Å². The fraction of sp³-hybridized carbons (Fsp3) is 0.400. The summed E-state index contributed by atoms with van der Waals surface area (Å²) in [5.41, 5.74) is 0. The van der Waals surface area contributed by atoms with Crippen molar-refractivity contribution >= 4 is 25.5 Å². The Labute approximate surface area is 95.7 Å². The first-order chi connectivity index (χ1) is 7.14. The predicted octanol–water partition coefficient (Wildman–Crippen LogP) is 2.87. The van der Waals surface area contributed by atoms with Gasteiger partial charge in [0.05, 0.1) is 18.5 Å². The Morgan fingerprint density at radius 1 is 1.20 bits per heavy atom. The fourth-order valence-corrected chi connectivity index (χ4v) is 3.40. The second-order valence-electron chi connectivity index (χ2n) is 2.82. The number of hydrogen-bond donors (Lipinski definition) is 1. The molecule has 3 nitrogen and oxygen atoms in total. The minimum atomic E-state index is -3.19. The zero-order chi connectivity index (χ0) is 11.3. The van der Waals surface area contributed by atoms with E-state index in [1.807, 2.05) is 6.07 Å². The average Bonchev–Trinajstić information content (AvgIpc) is 2.19. The average molecular weight is 246 g/mol. The number of benzene rings is 1. The van der Waals surface area contributed by atoms with Gasteiger partial charge >= 0.3 is 7.60 Å². The summed E-state index contributed by atoms with van der Waals surface area (Å²) in [6.45, 7) is 4.26. The van der Waals surface area contributed by atoms with Gasteiger partial charge in [-0.25, -0.2) is 0 Å². The van der Waals surface area contributed by atoms with Crippen molar-refractivity contribution in [2.75, 3.05) is 13.2 Å². The van der Waals surface area contributed by atoms with Crippen molar-refractivity contribution < 1.29 is 13.6 Å². The van der Waals surface area contributed by atoms with E-state index in [0.29, 0.717) is 23.4 Å². The molecule has 0 amide bonds. The molecule has 0 aliphatic rings. The third-order valence-corrected chi connectivity index (χ3v) is 4.52. The van der Waals surface area contributed by atoms with E-state index in [1.165, 1.54) is 0 Å². The van der Waals surface area contributed by atoms with Gasteiger partial charge in [-0.3, -0.25) is 4.57 Å². The summed E-state index contributed by atoms with van der Waals surface area (Å²) in [7, 11) is -3.19. The maximum atomic E-state index is 12.3. The highest BCUT2D eigenvalue weighted by Crippen LogP contribution is 2.48. The van der Waals surface area contributed by atoms with Gasteiger partial charge < -0.3 is 9.05 Å². The van der Waals surface area contributed by atoms with E-state index < -0.39 is 7.60 Å². The Kier molecular flexibility index (Phi) is 4.87. The second-order valence-corrected chi connectivity index (χ2v) is 5.30. The molecule has 0 unspecified atom stereocenters. The number of thiol groups is 1. The van der Waals surface area contributed by atoms with Crippen LogP contribution >= 0.6 is 20.2 Å². The van der Waals surface area contributed by atoms with Gasteiger partial charge in [-0.05, 0) is 26.0 Å². The van der Waals surface area contributed by atoms with E-state index in [9.17, 15) is 4.57 Å². The van der Waals surface area contributed by atoms with Crippen LogP contribution in [-0.2, 0) is 13.6 Å². The van der Waals surface area contributed by atoms with Crippen molar-refractivity contribution in [3.63, 3.8) is 0 Å². The Bertz CT molecular complexity index is 357. The molecule has 84 valence electrons. The molecule has 0 aliphatic carbocycles. The molecule has 1 rings (SSSR count). The minimum absolute atomic E-state index is 0.347. The quantitative estimate of drug-likeness (QED) is 0.641. The Hall–Kier alpha value is -0.280. The Balaban J connectivity index is 3.09. The first-order valence-corrected chi connectivity index (χ1v) is 6.80. The van der Waals surface area contributed by atoms with Crippen LogP contribution in [0.2, 0.25) is 0 Å². The van der Waals surface area contributed by atoms with Crippen molar-refractivity contribution in [2.24, 2.45) is 0 Å². The molecule has 0 N–H and O–H groups in total. The van der Waals surface area contributed by atoms with Crippen LogP contribution < -0.4 is 5.30 Å². The SMILES string of the molecule is CCOP(=O)(OCC)c1ccccc1S. The van der Waals surface area contributed by atoms with Gasteiger partial charge in [-0.2, -0.15) is 0 Å². The van der Waals surface area contributed by atoms with Gasteiger partial charge in [0.25, 0.3) is 0 Å². The lowest BCUT2D eigenvalue weighted by molar-refractivity contribution is 0.229. The summed E-state index contributed by atoms with van der Waals surface area (Å²) >= 11 is 4.24. The molecular formula is C10H15O3PS. The van der Waals surface area contributed by atoms with Crippen LogP contribution in [0.3, 0.4) is 0 Å². The molecule has 0 spiro atoms. The van der Waals surface area contributed by atoms with Gasteiger partial charge in [-0.1, -0.05) is 12.1 Å². The van der Waals surface area contributed by atoms with E-state index >= 15 is 0 Å². The summed E-state index contributed by atoms with van der Waals surface area (Å²) in [6, 6.07) is 7.10. The molecule has 1 aromatic carbocycles. The van der Waals surface area contributed by atoms with Gasteiger partial charge in [-0.15, -0.1) is 12.6 Å². The normalized spacial score (nSPS) is 11.7. The van der Waals surface area contributed by atoms with E-state index in [1.54, 1.807) is 32.0 Å². The predicted molar refractivity (Wildman–Crippen MR) is 64.2 cm³/mol. The molecule has 0 bridgehead atoms. The molecule has 0 fully saturated rings. The molecule has 15 heavy (non-hydrogen) atoms. The lowest BCUT2D eigenvalue weighted by Crippen LogP contribution is -2.12. The third-order valence-electron chi connectivity index (χ3n) is 1.77. The minimum Gasteiger partial charge on any atom is -0.305 e. The van der Waals surface area contributed by atoms with E-state index in [4.69, 9.17) is 9.05 Å². The highest BCUT2D eigenvalue weighted by molar-refractivity contribution is 7.81. The first-order valence-electron chi connectivity index (χ1n) is 4.81. The van der Waals surface area contributed by atoms with Gasteiger partial charge in [0, 0.05) is 4.90 Å². The summed E-state index contributed by atoms with van der Waals surface area (Å²) in [4.78, 5) is 0.628. The van der Waals surface area contributed by atoms with Crippen molar-refractivity contribution in [2.45, 2.75) is 18.7 Å². The van der Waals surface area contributed by atoms with Gasteiger partial charge in [0.15, 0.2) is 0 Å².